The fraction of sp³-hybridized carbons (Fsp3) is 0.917. The van der Waals surface area contributed by atoms with Crippen LogP contribution < -0.4 is 0 Å². The molecular weight excluding hydrogens is 220 g/mol. The molecule has 0 bridgehead atoms. The van der Waals surface area contributed by atoms with E-state index in [1.165, 1.54) is 0 Å². The van der Waals surface area contributed by atoms with Crippen molar-refractivity contribution in [3.63, 3.8) is 0 Å². The van der Waals surface area contributed by atoms with Gasteiger partial charge < -0.3 is 9.84 Å². The van der Waals surface area contributed by atoms with Gasteiger partial charge in [-0.15, -0.1) is 0 Å². The Bertz CT molecular complexity index is 264. The Morgan fingerprint density at radius 1 is 1.35 bits per heavy atom. The maximum Gasteiger partial charge on any atom is 0.317 e. The van der Waals surface area contributed by atoms with Crippen molar-refractivity contribution in [1.29, 1.82) is 0 Å². The van der Waals surface area contributed by atoms with E-state index in [-0.39, 0.29) is 6.54 Å². The molecule has 5 nitrogen and oxygen atoms in total. The lowest BCUT2D eigenvalue weighted by Crippen LogP contribution is -2.53. The second-order valence-electron chi connectivity index (χ2n) is 5.07. The van der Waals surface area contributed by atoms with Crippen LogP contribution in [0.1, 0.15) is 19.8 Å². The van der Waals surface area contributed by atoms with Crippen LogP contribution in [0, 0.1) is 0 Å². The van der Waals surface area contributed by atoms with Gasteiger partial charge in [0, 0.05) is 38.8 Å². The molecule has 0 aromatic rings. The topological polar surface area (TPSA) is 53.0 Å². The van der Waals surface area contributed by atoms with Crippen LogP contribution >= 0.6 is 0 Å². The SMILES string of the molecule is CC1CC(N2CCN(CC(=O)O)CC2)CCO1. The van der Waals surface area contributed by atoms with E-state index in [4.69, 9.17) is 9.84 Å². The summed E-state index contributed by atoms with van der Waals surface area (Å²) in [5.41, 5.74) is 0. The lowest BCUT2D eigenvalue weighted by Gasteiger charge is -2.41. The van der Waals surface area contributed by atoms with Gasteiger partial charge in [0.1, 0.15) is 0 Å². The summed E-state index contributed by atoms with van der Waals surface area (Å²) < 4.78 is 5.56. The molecule has 2 fully saturated rings. The molecule has 2 saturated heterocycles. The quantitative estimate of drug-likeness (QED) is 0.769. The van der Waals surface area contributed by atoms with Gasteiger partial charge in [0.05, 0.1) is 12.6 Å². The normalized spacial score (nSPS) is 32.5. The Morgan fingerprint density at radius 3 is 2.65 bits per heavy atom. The first-order valence-corrected chi connectivity index (χ1v) is 6.45. The fourth-order valence-electron chi connectivity index (χ4n) is 2.78. The maximum absolute atomic E-state index is 10.6. The number of nitrogens with zero attached hydrogens (tertiary/aromatic N) is 2. The van der Waals surface area contributed by atoms with E-state index in [9.17, 15) is 4.79 Å². The Hall–Kier alpha value is -0.650. The van der Waals surface area contributed by atoms with Gasteiger partial charge in [0.25, 0.3) is 0 Å². The van der Waals surface area contributed by atoms with Crippen LogP contribution in [0.3, 0.4) is 0 Å². The van der Waals surface area contributed by atoms with E-state index in [1.807, 2.05) is 4.90 Å². The number of aliphatic carboxylic acids is 1. The highest BCUT2D eigenvalue weighted by molar-refractivity contribution is 5.69. The summed E-state index contributed by atoms with van der Waals surface area (Å²) in [7, 11) is 0. The highest BCUT2D eigenvalue weighted by Gasteiger charge is 2.28. The molecule has 1 N–H and O–H groups in total. The van der Waals surface area contributed by atoms with Crippen LogP contribution in [0.15, 0.2) is 0 Å². The van der Waals surface area contributed by atoms with Crippen molar-refractivity contribution in [2.24, 2.45) is 0 Å². The predicted octanol–water partition coefficient (Wildman–Crippen LogP) is 0.256. The van der Waals surface area contributed by atoms with Crippen LogP contribution in [-0.2, 0) is 9.53 Å². The van der Waals surface area contributed by atoms with E-state index in [1.54, 1.807) is 0 Å². The van der Waals surface area contributed by atoms with Gasteiger partial charge >= 0.3 is 5.97 Å². The number of carboxylic acids is 1. The van der Waals surface area contributed by atoms with Crippen molar-refractivity contribution in [2.75, 3.05) is 39.3 Å². The molecule has 0 amide bonds. The molecule has 0 aromatic carbocycles. The van der Waals surface area contributed by atoms with Gasteiger partial charge in [0.2, 0.25) is 0 Å². The molecule has 0 aromatic heterocycles. The molecule has 2 aliphatic rings. The molecule has 2 atom stereocenters. The van der Waals surface area contributed by atoms with Gasteiger partial charge in [0.15, 0.2) is 0 Å². The number of carboxylic acid groups (broad SMARTS) is 1. The van der Waals surface area contributed by atoms with E-state index < -0.39 is 5.97 Å². The molecule has 0 saturated carbocycles. The summed E-state index contributed by atoms with van der Waals surface area (Å²) in [5.74, 6) is -0.724. The molecule has 98 valence electrons. The Kier molecular flexibility index (Phi) is 4.36. The number of hydrogen-bond donors (Lipinski definition) is 1. The van der Waals surface area contributed by atoms with E-state index in [2.05, 4.69) is 11.8 Å². The van der Waals surface area contributed by atoms with Crippen LogP contribution in [0.2, 0.25) is 0 Å². The molecule has 0 aliphatic carbocycles. The minimum atomic E-state index is -0.724. The van der Waals surface area contributed by atoms with Gasteiger partial charge in [-0.05, 0) is 19.8 Å². The monoisotopic (exact) mass is 242 g/mol. The van der Waals surface area contributed by atoms with Crippen molar-refractivity contribution in [1.82, 2.24) is 9.80 Å². The third-order valence-electron chi connectivity index (χ3n) is 3.74. The zero-order valence-electron chi connectivity index (χ0n) is 10.5. The number of hydrogen-bond acceptors (Lipinski definition) is 4. The number of carbonyl (C=O) groups is 1. The highest BCUT2D eigenvalue weighted by atomic mass is 16.5. The molecule has 0 radical (unpaired) electrons. The lowest BCUT2D eigenvalue weighted by molar-refractivity contribution is -0.138. The van der Waals surface area contributed by atoms with Crippen molar-refractivity contribution in [2.45, 2.75) is 31.9 Å². The highest BCUT2D eigenvalue weighted by Crippen LogP contribution is 2.20. The molecule has 2 unspecified atom stereocenters. The zero-order chi connectivity index (χ0) is 12.3. The summed E-state index contributed by atoms with van der Waals surface area (Å²) in [5, 5.41) is 8.74. The first-order valence-electron chi connectivity index (χ1n) is 6.45. The summed E-state index contributed by atoms with van der Waals surface area (Å²) in [6.45, 7) is 6.90. The average Bonchev–Trinajstić information content (AvgIpc) is 2.29. The number of piperazine rings is 1. The molecule has 17 heavy (non-hydrogen) atoms. The number of rotatable bonds is 3. The number of ether oxygens (including phenoxy) is 1. The Morgan fingerprint density at radius 2 is 2.06 bits per heavy atom. The zero-order valence-corrected chi connectivity index (χ0v) is 10.5. The molecule has 2 rings (SSSR count). The smallest absolute Gasteiger partial charge is 0.317 e. The second-order valence-corrected chi connectivity index (χ2v) is 5.07. The predicted molar refractivity (Wildman–Crippen MR) is 64.1 cm³/mol. The van der Waals surface area contributed by atoms with E-state index >= 15 is 0 Å². The summed E-state index contributed by atoms with van der Waals surface area (Å²) >= 11 is 0. The first kappa shape index (κ1) is 12.8. The lowest BCUT2D eigenvalue weighted by atomic mass is 10.0. The van der Waals surface area contributed by atoms with E-state index in [0.717, 1.165) is 45.6 Å². The van der Waals surface area contributed by atoms with Crippen LogP contribution in [0.4, 0.5) is 0 Å². The van der Waals surface area contributed by atoms with Gasteiger partial charge in [-0.3, -0.25) is 14.6 Å². The van der Waals surface area contributed by atoms with E-state index in [0.29, 0.717) is 12.1 Å². The molecule has 2 heterocycles. The fourth-order valence-corrected chi connectivity index (χ4v) is 2.78. The minimum absolute atomic E-state index is 0.179. The van der Waals surface area contributed by atoms with Gasteiger partial charge in [-0.25, -0.2) is 0 Å². The largest absolute Gasteiger partial charge is 0.480 e. The van der Waals surface area contributed by atoms with Crippen LogP contribution in [0.5, 0.6) is 0 Å². The molecule has 5 heteroatoms. The molecule has 2 aliphatic heterocycles. The third kappa shape index (κ3) is 3.66. The summed E-state index contributed by atoms with van der Waals surface area (Å²) in [6, 6.07) is 0.630. The van der Waals surface area contributed by atoms with Crippen LogP contribution in [-0.4, -0.2) is 72.4 Å². The van der Waals surface area contributed by atoms with Crippen molar-refractivity contribution in [3.8, 4) is 0 Å². The summed E-state index contributed by atoms with van der Waals surface area (Å²) in [6.07, 6.45) is 2.59. The Balaban J connectivity index is 1.76. The van der Waals surface area contributed by atoms with Crippen molar-refractivity contribution in [3.05, 3.63) is 0 Å². The minimum Gasteiger partial charge on any atom is -0.480 e. The third-order valence-corrected chi connectivity index (χ3v) is 3.74. The first-order chi connectivity index (χ1) is 8.15. The maximum atomic E-state index is 10.6. The van der Waals surface area contributed by atoms with Gasteiger partial charge in [-0.2, -0.15) is 0 Å². The van der Waals surface area contributed by atoms with Crippen LogP contribution in [0.25, 0.3) is 0 Å². The molecule has 0 spiro atoms. The van der Waals surface area contributed by atoms with Crippen molar-refractivity contribution < 1.29 is 14.6 Å². The van der Waals surface area contributed by atoms with Gasteiger partial charge in [-0.1, -0.05) is 0 Å². The van der Waals surface area contributed by atoms with Crippen molar-refractivity contribution >= 4 is 5.97 Å². The Labute approximate surface area is 102 Å². The second kappa shape index (κ2) is 5.80. The summed E-state index contributed by atoms with van der Waals surface area (Å²) in [4.78, 5) is 15.1. The average molecular weight is 242 g/mol. The molecular formula is C12H22N2O3. The standard InChI is InChI=1S/C12H22N2O3/c1-10-8-11(2-7-17-10)14-5-3-13(4-6-14)9-12(15)16/h10-11H,2-9H2,1H3,(H,15,16).